The average molecular weight is 266 g/mol. The Morgan fingerprint density at radius 3 is 2.94 bits per heavy atom. The predicted octanol–water partition coefficient (Wildman–Crippen LogP) is 2.75. The lowest BCUT2D eigenvalue weighted by Crippen LogP contribution is -2.17. The molecule has 0 radical (unpaired) electrons. The maximum atomic E-state index is 13.4. The fourth-order valence-corrected chi connectivity index (χ4v) is 2.17. The lowest BCUT2D eigenvalue weighted by Gasteiger charge is -2.09. The van der Waals surface area contributed by atoms with Gasteiger partial charge in [-0.15, -0.1) is 11.3 Å². The molecule has 1 aromatic carbocycles. The van der Waals surface area contributed by atoms with Gasteiger partial charge in [0.1, 0.15) is 18.2 Å². The summed E-state index contributed by atoms with van der Waals surface area (Å²) in [5, 5.41) is 0. The Kier molecular flexibility index (Phi) is 4.28. The summed E-state index contributed by atoms with van der Waals surface area (Å²) in [5.41, 5.74) is 8.30. The molecule has 0 aliphatic carbocycles. The summed E-state index contributed by atoms with van der Waals surface area (Å²) in [7, 11) is 0. The van der Waals surface area contributed by atoms with Gasteiger partial charge in [0, 0.05) is 18.3 Å². The van der Waals surface area contributed by atoms with Crippen LogP contribution in [-0.2, 0) is 13.0 Å². The Morgan fingerprint density at radius 1 is 1.44 bits per heavy atom. The molecule has 3 nitrogen and oxygen atoms in total. The van der Waals surface area contributed by atoms with Crippen LogP contribution in [0.3, 0.4) is 0 Å². The summed E-state index contributed by atoms with van der Waals surface area (Å²) in [6, 6.07) is 4.70. The van der Waals surface area contributed by atoms with Crippen LogP contribution in [0, 0.1) is 5.82 Å². The minimum atomic E-state index is -0.299. The molecule has 0 fully saturated rings. The number of rotatable bonds is 5. The average Bonchev–Trinajstić information content (AvgIpc) is 2.77. The van der Waals surface area contributed by atoms with E-state index in [4.69, 9.17) is 10.5 Å². The summed E-state index contributed by atoms with van der Waals surface area (Å²) < 4.78 is 19.0. The van der Waals surface area contributed by atoms with E-state index in [1.807, 2.05) is 13.0 Å². The SMILES string of the molecule is CC(N)Cc1cc(F)cc(OCc2cncs2)c1. The molecule has 96 valence electrons. The molecule has 0 aliphatic heterocycles. The molecule has 0 saturated carbocycles. The second-order valence-electron chi connectivity index (χ2n) is 4.23. The number of nitrogens with zero attached hydrogens (tertiary/aromatic N) is 1. The first-order valence-electron chi connectivity index (χ1n) is 5.68. The van der Waals surface area contributed by atoms with Crippen LogP contribution in [0.1, 0.15) is 17.4 Å². The second kappa shape index (κ2) is 5.93. The summed E-state index contributed by atoms with van der Waals surface area (Å²) in [6.07, 6.45) is 2.38. The number of hydrogen-bond acceptors (Lipinski definition) is 4. The number of nitrogens with two attached hydrogens (primary N) is 1. The van der Waals surface area contributed by atoms with E-state index < -0.39 is 0 Å². The summed E-state index contributed by atoms with van der Waals surface area (Å²) in [5.74, 6) is 0.228. The minimum Gasteiger partial charge on any atom is -0.488 e. The highest BCUT2D eigenvalue weighted by molar-refractivity contribution is 7.09. The molecule has 0 amide bonds. The van der Waals surface area contributed by atoms with Gasteiger partial charge in [-0.1, -0.05) is 0 Å². The molecule has 1 aromatic heterocycles. The van der Waals surface area contributed by atoms with E-state index in [2.05, 4.69) is 4.98 Å². The topological polar surface area (TPSA) is 48.1 Å². The third-order valence-corrected chi connectivity index (χ3v) is 3.11. The Labute approximate surface area is 109 Å². The van der Waals surface area contributed by atoms with Crippen molar-refractivity contribution < 1.29 is 9.13 Å². The van der Waals surface area contributed by atoms with Gasteiger partial charge in [-0.3, -0.25) is 4.98 Å². The van der Waals surface area contributed by atoms with E-state index in [1.54, 1.807) is 11.7 Å². The van der Waals surface area contributed by atoms with E-state index in [0.29, 0.717) is 18.8 Å². The first kappa shape index (κ1) is 13.0. The number of aromatic nitrogens is 1. The molecule has 1 unspecified atom stereocenters. The molecule has 5 heteroatoms. The van der Waals surface area contributed by atoms with Crippen LogP contribution in [-0.4, -0.2) is 11.0 Å². The van der Waals surface area contributed by atoms with E-state index in [1.165, 1.54) is 23.5 Å². The Morgan fingerprint density at radius 2 is 2.28 bits per heavy atom. The minimum absolute atomic E-state index is 0.00106. The van der Waals surface area contributed by atoms with E-state index in [-0.39, 0.29) is 11.9 Å². The highest BCUT2D eigenvalue weighted by Crippen LogP contribution is 2.19. The molecule has 18 heavy (non-hydrogen) atoms. The number of thiazole rings is 1. The van der Waals surface area contributed by atoms with Gasteiger partial charge in [0.25, 0.3) is 0 Å². The van der Waals surface area contributed by atoms with Crippen LogP contribution in [0.25, 0.3) is 0 Å². The smallest absolute Gasteiger partial charge is 0.127 e. The molecule has 0 spiro atoms. The number of halogens is 1. The van der Waals surface area contributed by atoms with E-state index in [0.717, 1.165) is 10.4 Å². The molecule has 2 rings (SSSR count). The van der Waals surface area contributed by atoms with Crippen LogP contribution in [0.5, 0.6) is 5.75 Å². The van der Waals surface area contributed by atoms with E-state index in [9.17, 15) is 4.39 Å². The van der Waals surface area contributed by atoms with Gasteiger partial charge in [0.2, 0.25) is 0 Å². The zero-order valence-corrected chi connectivity index (χ0v) is 10.9. The van der Waals surface area contributed by atoms with Gasteiger partial charge in [-0.2, -0.15) is 0 Å². The van der Waals surface area contributed by atoms with Crippen molar-refractivity contribution in [1.82, 2.24) is 4.98 Å². The lowest BCUT2D eigenvalue weighted by atomic mass is 10.1. The highest BCUT2D eigenvalue weighted by Gasteiger charge is 2.05. The standard InChI is InChI=1S/C13H15FN2OS/c1-9(15)2-10-3-11(14)5-12(4-10)17-7-13-6-16-8-18-13/h3-6,8-9H,2,7,15H2,1H3. The molecule has 2 aromatic rings. The van der Waals surface area contributed by atoms with Gasteiger partial charge in [0.15, 0.2) is 0 Å². The molecular weight excluding hydrogens is 251 g/mol. The second-order valence-corrected chi connectivity index (χ2v) is 5.20. The van der Waals surface area contributed by atoms with Crippen LogP contribution in [0.2, 0.25) is 0 Å². The van der Waals surface area contributed by atoms with Gasteiger partial charge in [0.05, 0.1) is 10.4 Å². The zero-order valence-electron chi connectivity index (χ0n) is 10.1. The molecule has 0 aliphatic rings. The fraction of sp³-hybridized carbons (Fsp3) is 0.308. The summed E-state index contributed by atoms with van der Waals surface area (Å²) in [6.45, 7) is 2.30. The largest absolute Gasteiger partial charge is 0.488 e. The van der Waals surface area contributed by atoms with Crippen molar-refractivity contribution in [1.29, 1.82) is 0 Å². The normalized spacial score (nSPS) is 12.4. The Balaban J connectivity index is 2.05. The molecule has 0 bridgehead atoms. The summed E-state index contributed by atoms with van der Waals surface area (Å²) >= 11 is 1.51. The lowest BCUT2D eigenvalue weighted by molar-refractivity contribution is 0.307. The third kappa shape index (κ3) is 3.78. The highest BCUT2D eigenvalue weighted by atomic mass is 32.1. The van der Waals surface area contributed by atoms with Crippen molar-refractivity contribution >= 4 is 11.3 Å². The molecule has 1 heterocycles. The van der Waals surface area contributed by atoms with Gasteiger partial charge in [-0.05, 0) is 31.0 Å². The number of ether oxygens (including phenoxy) is 1. The predicted molar refractivity (Wildman–Crippen MR) is 70.2 cm³/mol. The van der Waals surface area contributed by atoms with E-state index >= 15 is 0 Å². The quantitative estimate of drug-likeness (QED) is 0.905. The first-order valence-corrected chi connectivity index (χ1v) is 6.56. The maximum Gasteiger partial charge on any atom is 0.127 e. The van der Waals surface area contributed by atoms with Crippen molar-refractivity contribution in [3.05, 3.63) is 46.2 Å². The maximum absolute atomic E-state index is 13.4. The number of hydrogen-bond donors (Lipinski definition) is 1. The monoisotopic (exact) mass is 266 g/mol. The van der Waals surface area contributed by atoms with Crippen molar-refractivity contribution in [2.24, 2.45) is 5.73 Å². The Hall–Kier alpha value is -1.46. The van der Waals surface area contributed by atoms with Gasteiger partial charge < -0.3 is 10.5 Å². The van der Waals surface area contributed by atoms with Crippen molar-refractivity contribution in [2.75, 3.05) is 0 Å². The van der Waals surface area contributed by atoms with Crippen molar-refractivity contribution in [2.45, 2.75) is 26.0 Å². The number of benzene rings is 1. The van der Waals surface area contributed by atoms with Gasteiger partial charge >= 0.3 is 0 Å². The first-order chi connectivity index (χ1) is 8.63. The molecule has 0 saturated heterocycles. The summed E-state index contributed by atoms with van der Waals surface area (Å²) in [4.78, 5) is 4.96. The van der Waals surface area contributed by atoms with Crippen LogP contribution >= 0.6 is 11.3 Å². The van der Waals surface area contributed by atoms with Crippen LogP contribution < -0.4 is 10.5 Å². The molecule has 2 N–H and O–H groups in total. The fourth-order valence-electron chi connectivity index (χ4n) is 1.66. The Bertz CT molecular complexity index is 500. The third-order valence-electron chi connectivity index (χ3n) is 2.35. The molecule has 1 atom stereocenters. The van der Waals surface area contributed by atoms with Crippen LogP contribution in [0.15, 0.2) is 29.9 Å². The van der Waals surface area contributed by atoms with Gasteiger partial charge in [-0.25, -0.2) is 4.39 Å². The van der Waals surface area contributed by atoms with Crippen molar-refractivity contribution in [3.8, 4) is 5.75 Å². The van der Waals surface area contributed by atoms with Crippen molar-refractivity contribution in [3.63, 3.8) is 0 Å². The van der Waals surface area contributed by atoms with Crippen LogP contribution in [0.4, 0.5) is 4.39 Å². The molecular formula is C13H15FN2OS. The zero-order chi connectivity index (χ0) is 13.0.